The van der Waals surface area contributed by atoms with Crippen molar-refractivity contribution in [2.75, 3.05) is 11.5 Å². The van der Waals surface area contributed by atoms with E-state index in [-0.39, 0.29) is 29.3 Å². The van der Waals surface area contributed by atoms with Crippen LogP contribution in [0.3, 0.4) is 0 Å². The Morgan fingerprint density at radius 3 is 2.79 bits per heavy atom. The van der Waals surface area contributed by atoms with E-state index in [4.69, 9.17) is 5.84 Å². The zero-order valence-corrected chi connectivity index (χ0v) is 11.7. The first kappa shape index (κ1) is 14.4. The maximum atomic E-state index is 13.2. The highest BCUT2D eigenvalue weighted by Crippen LogP contribution is 2.29. The molecule has 1 aromatic rings. The molecular formula is C13H19FN2O2S. The number of halogens is 1. The van der Waals surface area contributed by atoms with Crippen LogP contribution in [0.2, 0.25) is 0 Å². The van der Waals surface area contributed by atoms with Gasteiger partial charge in [0, 0.05) is 6.04 Å². The predicted molar refractivity (Wildman–Crippen MR) is 72.6 cm³/mol. The van der Waals surface area contributed by atoms with Crippen LogP contribution in [0.5, 0.6) is 0 Å². The molecule has 2 rings (SSSR count). The van der Waals surface area contributed by atoms with Gasteiger partial charge in [0.2, 0.25) is 0 Å². The quantitative estimate of drug-likeness (QED) is 0.649. The van der Waals surface area contributed by atoms with Gasteiger partial charge in [0.05, 0.1) is 11.5 Å². The third-order valence-electron chi connectivity index (χ3n) is 3.68. The Hall–Kier alpha value is -0.980. The molecule has 1 aromatic carbocycles. The number of hydrogen-bond donors (Lipinski definition) is 2. The summed E-state index contributed by atoms with van der Waals surface area (Å²) in [5.74, 6) is 5.91. The van der Waals surface area contributed by atoms with Gasteiger partial charge in [-0.2, -0.15) is 0 Å². The monoisotopic (exact) mass is 286 g/mol. The van der Waals surface area contributed by atoms with Gasteiger partial charge >= 0.3 is 0 Å². The van der Waals surface area contributed by atoms with Gasteiger partial charge in [-0.25, -0.2) is 12.8 Å². The van der Waals surface area contributed by atoms with Crippen molar-refractivity contribution in [2.45, 2.75) is 25.8 Å². The van der Waals surface area contributed by atoms with E-state index in [1.165, 1.54) is 6.07 Å². The third kappa shape index (κ3) is 3.52. The Kier molecular flexibility index (Phi) is 4.23. The van der Waals surface area contributed by atoms with Crippen LogP contribution < -0.4 is 11.3 Å². The summed E-state index contributed by atoms with van der Waals surface area (Å²) >= 11 is 0. The first-order chi connectivity index (χ1) is 8.91. The van der Waals surface area contributed by atoms with Crippen LogP contribution in [0.4, 0.5) is 4.39 Å². The van der Waals surface area contributed by atoms with Gasteiger partial charge < -0.3 is 0 Å². The maximum Gasteiger partial charge on any atom is 0.150 e. The summed E-state index contributed by atoms with van der Waals surface area (Å²) in [6.07, 6.45) is 1.33. The fourth-order valence-corrected chi connectivity index (χ4v) is 4.46. The molecule has 2 atom stereocenters. The number of hydrazine groups is 1. The lowest BCUT2D eigenvalue weighted by molar-refractivity contribution is 0.420. The molecule has 2 unspecified atom stereocenters. The largest absolute Gasteiger partial charge is 0.271 e. The van der Waals surface area contributed by atoms with Crippen molar-refractivity contribution in [3.05, 3.63) is 35.1 Å². The molecule has 0 saturated carbocycles. The Bertz CT molecular complexity index is 560. The first-order valence-electron chi connectivity index (χ1n) is 6.34. The van der Waals surface area contributed by atoms with Crippen LogP contribution in [0.1, 0.15) is 30.0 Å². The lowest BCUT2D eigenvalue weighted by atomic mass is 9.94. The third-order valence-corrected chi connectivity index (χ3v) is 5.52. The molecule has 6 heteroatoms. The van der Waals surface area contributed by atoms with Crippen LogP contribution in [0.25, 0.3) is 0 Å². The van der Waals surface area contributed by atoms with Gasteiger partial charge in [-0.3, -0.25) is 11.3 Å². The van der Waals surface area contributed by atoms with E-state index in [0.29, 0.717) is 18.4 Å². The lowest BCUT2D eigenvalue weighted by Gasteiger charge is -2.20. The van der Waals surface area contributed by atoms with E-state index in [9.17, 15) is 12.8 Å². The zero-order valence-electron chi connectivity index (χ0n) is 10.9. The van der Waals surface area contributed by atoms with Gasteiger partial charge in [-0.1, -0.05) is 12.1 Å². The Morgan fingerprint density at radius 2 is 2.26 bits per heavy atom. The van der Waals surface area contributed by atoms with Crippen LogP contribution in [0.15, 0.2) is 18.2 Å². The molecule has 1 heterocycles. The van der Waals surface area contributed by atoms with E-state index in [0.717, 1.165) is 5.56 Å². The topological polar surface area (TPSA) is 72.2 Å². The Morgan fingerprint density at radius 1 is 1.53 bits per heavy atom. The van der Waals surface area contributed by atoms with Crippen molar-refractivity contribution < 1.29 is 12.8 Å². The maximum absolute atomic E-state index is 13.2. The van der Waals surface area contributed by atoms with Crippen molar-refractivity contribution in [3.8, 4) is 0 Å². The highest BCUT2D eigenvalue weighted by molar-refractivity contribution is 7.91. The molecule has 0 aliphatic carbocycles. The summed E-state index contributed by atoms with van der Waals surface area (Å²) in [7, 11) is -2.87. The van der Waals surface area contributed by atoms with Crippen molar-refractivity contribution in [3.63, 3.8) is 0 Å². The smallest absolute Gasteiger partial charge is 0.150 e. The molecule has 4 nitrogen and oxygen atoms in total. The molecule has 106 valence electrons. The zero-order chi connectivity index (χ0) is 14.0. The fraction of sp³-hybridized carbons (Fsp3) is 0.538. The second kappa shape index (κ2) is 5.56. The van der Waals surface area contributed by atoms with Crippen LogP contribution in [-0.2, 0) is 9.84 Å². The summed E-state index contributed by atoms with van der Waals surface area (Å²) in [4.78, 5) is 0. The molecule has 0 aromatic heterocycles. The Balaban J connectivity index is 2.10. The van der Waals surface area contributed by atoms with Crippen LogP contribution >= 0.6 is 0 Å². The summed E-state index contributed by atoms with van der Waals surface area (Å²) < 4.78 is 36.1. The lowest BCUT2D eigenvalue weighted by Crippen LogP contribution is -2.30. The number of rotatable bonds is 4. The molecule has 1 saturated heterocycles. The van der Waals surface area contributed by atoms with Gasteiger partial charge in [-0.05, 0) is 42.9 Å². The number of nitrogens with one attached hydrogen (secondary N) is 1. The standard InChI is InChI=1S/C13H19FN2O2S/c1-9-6-11(2-3-12(9)14)13(16-15)7-10-4-5-19(17,18)8-10/h2-3,6,10,13,16H,4-5,7-8,15H2,1H3. The molecule has 0 spiro atoms. The van der Waals surface area contributed by atoms with Gasteiger partial charge in [-0.15, -0.1) is 0 Å². The second-order valence-electron chi connectivity index (χ2n) is 5.23. The molecule has 0 radical (unpaired) electrons. The SMILES string of the molecule is Cc1cc(C(CC2CCS(=O)(=O)C2)NN)ccc1F. The van der Waals surface area contributed by atoms with E-state index < -0.39 is 9.84 Å². The minimum Gasteiger partial charge on any atom is -0.271 e. The summed E-state index contributed by atoms with van der Waals surface area (Å²) in [5, 5.41) is 0. The summed E-state index contributed by atoms with van der Waals surface area (Å²) in [6, 6.07) is 4.72. The van der Waals surface area contributed by atoms with Crippen molar-refractivity contribution in [2.24, 2.45) is 11.8 Å². The van der Waals surface area contributed by atoms with E-state index in [1.807, 2.05) is 0 Å². The highest BCUT2D eigenvalue weighted by Gasteiger charge is 2.30. The highest BCUT2D eigenvalue weighted by atomic mass is 32.2. The average Bonchev–Trinajstić information content (AvgIpc) is 2.69. The molecule has 1 aliphatic heterocycles. The van der Waals surface area contributed by atoms with E-state index in [2.05, 4.69) is 5.43 Å². The van der Waals surface area contributed by atoms with Crippen LogP contribution in [-0.4, -0.2) is 19.9 Å². The number of nitrogens with two attached hydrogens (primary N) is 1. The number of benzene rings is 1. The number of hydrogen-bond acceptors (Lipinski definition) is 4. The minimum absolute atomic E-state index is 0.122. The molecule has 1 aliphatic rings. The average molecular weight is 286 g/mol. The predicted octanol–water partition coefficient (Wildman–Crippen LogP) is 1.46. The Labute approximate surface area is 113 Å². The molecule has 0 amide bonds. The first-order valence-corrected chi connectivity index (χ1v) is 8.16. The van der Waals surface area contributed by atoms with Gasteiger partial charge in [0.25, 0.3) is 0 Å². The normalized spacial score (nSPS) is 23.4. The molecule has 3 N–H and O–H groups in total. The second-order valence-corrected chi connectivity index (χ2v) is 7.46. The van der Waals surface area contributed by atoms with Gasteiger partial charge in [0.15, 0.2) is 9.84 Å². The molecule has 0 bridgehead atoms. The van der Waals surface area contributed by atoms with Gasteiger partial charge in [0.1, 0.15) is 5.82 Å². The molecule has 19 heavy (non-hydrogen) atoms. The molecular weight excluding hydrogens is 267 g/mol. The minimum atomic E-state index is -2.87. The number of sulfone groups is 1. The fourth-order valence-electron chi connectivity index (χ4n) is 2.58. The molecule has 1 fully saturated rings. The van der Waals surface area contributed by atoms with Crippen molar-refractivity contribution >= 4 is 9.84 Å². The van der Waals surface area contributed by atoms with Crippen molar-refractivity contribution in [1.82, 2.24) is 5.43 Å². The van der Waals surface area contributed by atoms with E-state index >= 15 is 0 Å². The van der Waals surface area contributed by atoms with Crippen molar-refractivity contribution in [1.29, 1.82) is 0 Å². The van der Waals surface area contributed by atoms with Crippen LogP contribution in [0, 0.1) is 18.7 Å². The summed E-state index contributed by atoms with van der Waals surface area (Å²) in [6.45, 7) is 1.70. The summed E-state index contributed by atoms with van der Waals surface area (Å²) in [5.41, 5.74) is 4.16. The van der Waals surface area contributed by atoms with E-state index in [1.54, 1.807) is 19.1 Å². The number of aryl methyl sites for hydroxylation is 1.